The van der Waals surface area contributed by atoms with Gasteiger partial charge in [0.25, 0.3) is 5.69 Å². The van der Waals surface area contributed by atoms with Crippen molar-refractivity contribution < 1.29 is 14.1 Å². The molecule has 0 atom stereocenters. The Balaban J connectivity index is 0.00000364. The summed E-state index contributed by atoms with van der Waals surface area (Å²) in [6, 6.07) is 4.02. The fourth-order valence-electron chi connectivity index (χ4n) is 2.90. The summed E-state index contributed by atoms with van der Waals surface area (Å²) in [5.74, 6) is -0.713. The Morgan fingerprint density at radius 2 is 2.04 bits per heavy atom. The van der Waals surface area contributed by atoms with Crippen LogP contribution in [0.25, 0.3) is 11.1 Å². The van der Waals surface area contributed by atoms with Gasteiger partial charge in [0.2, 0.25) is 5.91 Å². The van der Waals surface area contributed by atoms with Crippen LogP contribution in [0.3, 0.4) is 0 Å². The van der Waals surface area contributed by atoms with Crippen molar-refractivity contribution in [2.24, 2.45) is 5.73 Å². The Morgan fingerprint density at radius 1 is 1.37 bits per heavy atom. The quantitative estimate of drug-likeness (QED) is 0.490. The molecule has 0 aliphatic carbocycles. The van der Waals surface area contributed by atoms with Crippen molar-refractivity contribution in [1.82, 2.24) is 9.88 Å². The van der Waals surface area contributed by atoms with Gasteiger partial charge in [-0.05, 0) is 25.3 Å². The Morgan fingerprint density at radius 3 is 2.59 bits per heavy atom. The molecule has 3 N–H and O–H groups in total. The zero-order valence-corrected chi connectivity index (χ0v) is 16.2. The molecule has 9 nitrogen and oxygen atoms in total. The average Bonchev–Trinajstić information content (AvgIpc) is 2.94. The number of non-ortho nitro benzene ring substituents is 1. The second-order valence-corrected chi connectivity index (χ2v) is 6.27. The maximum Gasteiger partial charge on any atom is 0.419 e. The van der Waals surface area contributed by atoms with Crippen LogP contribution in [0.2, 0.25) is 0 Å². The van der Waals surface area contributed by atoms with Crippen LogP contribution in [0.15, 0.2) is 27.4 Å². The van der Waals surface area contributed by atoms with Gasteiger partial charge < -0.3 is 15.5 Å². The molecule has 0 aliphatic heterocycles. The zero-order valence-electron chi connectivity index (χ0n) is 15.4. The summed E-state index contributed by atoms with van der Waals surface area (Å²) in [6.07, 6.45) is 2.17. The molecule has 150 valence electrons. The number of nitrogens with zero attached hydrogens (tertiary/aromatic N) is 2. The summed E-state index contributed by atoms with van der Waals surface area (Å²) in [6.45, 7) is 4.61. The highest BCUT2D eigenvalue weighted by atomic mass is 35.5. The van der Waals surface area contributed by atoms with E-state index in [0.29, 0.717) is 18.5 Å². The van der Waals surface area contributed by atoms with E-state index in [1.807, 2.05) is 13.8 Å². The molecule has 1 aromatic heterocycles. The number of nitro benzene ring substituents is 1. The number of halogens is 1. The minimum atomic E-state index is -0.598. The van der Waals surface area contributed by atoms with Crippen molar-refractivity contribution in [3.8, 4) is 0 Å². The molecule has 1 aromatic carbocycles. The van der Waals surface area contributed by atoms with E-state index in [0.717, 1.165) is 12.8 Å². The van der Waals surface area contributed by atoms with E-state index < -0.39 is 16.2 Å². The third kappa shape index (κ3) is 5.08. The first kappa shape index (κ1) is 22.7. The SMILES string of the molecule is CCC(CC)(CN)NC(=O)CCCn1c(=O)oc2cc([N+](=O)[O-])ccc21.Cl. The van der Waals surface area contributed by atoms with Gasteiger partial charge in [0.15, 0.2) is 5.58 Å². The summed E-state index contributed by atoms with van der Waals surface area (Å²) in [7, 11) is 0. The summed E-state index contributed by atoms with van der Waals surface area (Å²) >= 11 is 0. The monoisotopic (exact) mass is 400 g/mol. The predicted octanol–water partition coefficient (Wildman–Crippen LogP) is 2.34. The Labute approximate surface area is 162 Å². The topological polar surface area (TPSA) is 133 Å². The normalized spacial score (nSPS) is 11.2. The van der Waals surface area contributed by atoms with Crippen LogP contribution < -0.4 is 16.8 Å². The van der Waals surface area contributed by atoms with Crippen molar-refractivity contribution in [3.63, 3.8) is 0 Å². The zero-order chi connectivity index (χ0) is 19.3. The Hall–Kier alpha value is -2.39. The number of aryl methyl sites for hydroxylation is 1. The van der Waals surface area contributed by atoms with Gasteiger partial charge in [-0.3, -0.25) is 19.5 Å². The minimum absolute atomic E-state index is 0. The molecule has 1 amide bonds. The molecule has 2 rings (SSSR count). The van der Waals surface area contributed by atoms with Crippen LogP contribution in [0, 0.1) is 10.1 Å². The first-order valence-electron chi connectivity index (χ1n) is 8.64. The number of hydrogen-bond acceptors (Lipinski definition) is 6. The predicted molar refractivity (Wildman–Crippen MR) is 104 cm³/mol. The fraction of sp³-hybridized carbons (Fsp3) is 0.529. The maximum absolute atomic E-state index is 12.2. The Bertz CT molecular complexity index is 848. The fourth-order valence-corrected chi connectivity index (χ4v) is 2.90. The van der Waals surface area contributed by atoms with Crippen LogP contribution in [0.5, 0.6) is 0 Å². The molecular formula is C17H25ClN4O5. The van der Waals surface area contributed by atoms with Crippen molar-refractivity contribution in [1.29, 1.82) is 0 Å². The number of nitro groups is 1. The first-order chi connectivity index (χ1) is 12.4. The highest BCUT2D eigenvalue weighted by molar-refractivity contribution is 5.85. The third-order valence-corrected chi connectivity index (χ3v) is 4.80. The second kappa shape index (κ2) is 9.52. The second-order valence-electron chi connectivity index (χ2n) is 6.27. The number of aromatic nitrogens is 1. The van der Waals surface area contributed by atoms with E-state index in [1.54, 1.807) is 0 Å². The average molecular weight is 401 g/mol. The van der Waals surface area contributed by atoms with Crippen molar-refractivity contribution in [2.75, 3.05) is 6.54 Å². The van der Waals surface area contributed by atoms with E-state index in [4.69, 9.17) is 10.2 Å². The number of oxazole rings is 1. The van der Waals surface area contributed by atoms with Crippen LogP contribution in [0.4, 0.5) is 5.69 Å². The maximum atomic E-state index is 12.2. The van der Waals surface area contributed by atoms with Gasteiger partial charge in [0.1, 0.15) is 0 Å². The van der Waals surface area contributed by atoms with E-state index in [-0.39, 0.29) is 42.6 Å². The summed E-state index contributed by atoms with van der Waals surface area (Å²) < 4.78 is 6.44. The van der Waals surface area contributed by atoms with E-state index >= 15 is 0 Å². The lowest BCUT2D eigenvalue weighted by molar-refractivity contribution is -0.384. The van der Waals surface area contributed by atoms with Gasteiger partial charge in [0, 0.05) is 25.6 Å². The van der Waals surface area contributed by atoms with Crippen molar-refractivity contribution >= 4 is 35.1 Å². The van der Waals surface area contributed by atoms with Gasteiger partial charge in [-0.2, -0.15) is 0 Å². The smallest absolute Gasteiger partial charge is 0.407 e. The summed E-state index contributed by atoms with van der Waals surface area (Å²) in [5.41, 5.74) is 5.87. The van der Waals surface area contributed by atoms with Crippen LogP contribution >= 0.6 is 12.4 Å². The summed E-state index contributed by atoms with van der Waals surface area (Å²) in [4.78, 5) is 34.4. The molecule has 1 heterocycles. The van der Waals surface area contributed by atoms with E-state index in [9.17, 15) is 19.7 Å². The number of rotatable bonds is 9. The van der Waals surface area contributed by atoms with Gasteiger partial charge >= 0.3 is 5.76 Å². The van der Waals surface area contributed by atoms with Crippen LogP contribution in [-0.4, -0.2) is 27.5 Å². The lowest BCUT2D eigenvalue weighted by Crippen LogP contribution is -2.52. The van der Waals surface area contributed by atoms with Gasteiger partial charge in [-0.1, -0.05) is 13.8 Å². The molecule has 0 aliphatic rings. The molecule has 27 heavy (non-hydrogen) atoms. The van der Waals surface area contributed by atoms with Crippen LogP contribution in [-0.2, 0) is 11.3 Å². The molecule has 2 aromatic rings. The third-order valence-electron chi connectivity index (χ3n) is 4.80. The number of fused-ring (bicyclic) bond motifs is 1. The van der Waals surface area contributed by atoms with Gasteiger partial charge in [-0.25, -0.2) is 4.79 Å². The van der Waals surface area contributed by atoms with E-state index in [1.165, 1.54) is 22.8 Å². The number of nitrogens with two attached hydrogens (primary N) is 1. The number of amides is 1. The molecule has 10 heteroatoms. The highest BCUT2D eigenvalue weighted by Crippen LogP contribution is 2.20. The largest absolute Gasteiger partial charge is 0.419 e. The molecule has 0 radical (unpaired) electrons. The highest BCUT2D eigenvalue weighted by Gasteiger charge is 2.26. The van der Waals surface area contributed by atoms with E-state index in [2.05, 4.69) is 5.32 Å². The molecule has 0 bridgehead atoms. The number of benzene rings is 1. The molecule has 0 fully saturated rings. The number of carbonyl (C=O) groups excluding carboxylic acids is 1. The molecule has 0 saturated heterocycles. The van der Waals surface area contributed by atoms with Gasteiger partial charge in [0.05, 0.1) is 22.0 Å². The van der Waals surface area contributed by atoms with Crippen molar-refractivity contribution in [2.45, 2.75) is 51.6 Å². The summed E-state index contributed by atoms with van der Waals surface area (Å²) in [5, 5.41) is 13.8. The first-order valence-corrected chi connectivity index (χ1v) is 8.64. The number of nitrogens with one attached hydrogen (secondary N) is 1. The van der Waals surface area contributed by atoms with Crippen LogP contribution in [0.1, 0.15) is 39.5 Å². The standard InChI is InChI=1S/C17H24N4O5.ClH/c1-3-17(4-2,11-18)19-15(22)6-5-9-20-13-8-7-12(21(24)25)10-14(13)26-16(20)23;/h7-8,10H,3-6,9,11,18H2,1-2H3,(H,19,22);1H. The lowest BCUT2D eigenvalue weighted by atomic mass is 9.92. The lowest BCUT2D eigenvalue weighted by Gasteiger charge is -2.31. The molecule has 0 spiro atoms. The minimum Gasteiger partial charge on any atom is -0.407 e. The molecule has 0 unspecified atom stereocenters. The van der Waals surface area contributed by atoms with Crippen molar-refractivity contribution in [3.05, 3.63) is 38.9 Å². The number of hydrogen-bond donors (Lipinski definition) is 2. The number of carbonyl (C=O) groups is 1. The van der Waals surface area contributed by atoms with Gasteiger partial charge in [-0.15, -0.1) is 12.4 Å². The molecular weight excluding hydrogens is 376 g/mol. The molecule has 0 saturated carbocycles. The Kier molecular flexibility index (Phi) is 7.98.